The van der Waals surface area contributed by atoms with Crippen LogP contribution in [-0.2, 0) is 16.0 Å². The van der Waals surface area contributed by atoms with Gasteiger partial charge in [0, 0.05) is 25.6 Å². The van der Waals surface area contributed by atoms with Crippen molar-refractivity contribution in [3.63, 3.8) is 0 Å². The van der Waals surface area contributed by atoms with Crippen molar-refractivity contribution in [3.05, 3.63) is 35.4 Å². The van der Waals surface area contributed by atoms with Gasteiger partial charge in [-0.05, 0) is 17.5 Å². The van der Waals surface area contributed by atoms with E-state index in [1.165, 1.54) is 5.56 Å². The number of hydrogen-bond donors (Lipinski definition) is 3. The fourth-order valence-electron chi connectivity index (χ4n) is 2.42. The first-order valence-electron chi connectivity index (χ1n) is 7.46. The Morgan fingerprint density at radius 3 is 2.71 bits per heavy atom. The zero-order valence-electron chi connectivity index (χ0n) is 12.6. The molecular weight excluding hydrogens is 266 g/mol. The lowest BCUT2D eigenvalue weighted by Crippen LogP contribution is -2.44. The SMILES string of the molecule is CC(C)C(=O)NCCNC(=O)C1NCCc2ccccc21. The second-order valence-electron chi connectivity index (χ2n) is 5.57. The van der Waals surface area contributed by atoms with Crippen LogP contribution in [0, 0.1) is 5.92 Å². The maximum absolute atomic E-state index is 12.3. The highest BCUT2D eigenvalue weighted by Crippen LogP contribution is 2.22. The summed E-state index contributed by atoms with van der Waals surface area (Å²) in [6.07, 6.45) is 0.949. The summed E-state index contributed by atoms with van der Waals surface area (Å²) in [5.74, 6) is -0.0704. The maximum atomic E-state index is 12.3. The summed E-state index contributed by atoms with van der Waals surface area (Å²) in [6, 6.07) is 7.72. The van der Waals surface area contributed by atoms with Crippen LogP contribution >= 0.6 is 0 Å². The lowest BCUT2D eigenvalue weighted by Gasteiger charge is -2.26. The standard InChI is InChI=1S/C16H23N3O2/c1-11(2)15(20)18-9-10-19-16(21)14-13-6-4-3-5-12(13)7-8-17-14/h3-6,11,14,17H,7-10H2,1-2H3,(H,18,20)(H,19,21). The smallest absolute Gasteiger partial charge is 0.241 e. The number of nitrogens with one attached hydrogen (secondary N) is 3. The number of hydrogen-bond acceptors (Lipinski definition) is 3. The molecule has 0 spiro atoms. The predicted octanol–water partition coefficient (Wildman–Crippen LogP) is 0.762. The van der Waals surface area contributed by atoms with Gasteiger partial charge in [0.1, 0.15) is 6.04 Å². The van der Waals surface area contributed by atoms with Crippen molar-refractivity contribution >= 4 is 11.8 Å². The van der Waals surface area contributed by atoms with Crippen LogP contribution in [0.1, 0.15) is 31.0 Å². The largest absolute Gasteiger partial charge is 0.354 e. The molecule has 0 aliphatic carbocycles. The molecule has 1 aliphatic heterocycles. The van der Waals surface area contributed by atoms with Crippen molar-refractivity contribution in [2.75, 3.05) is 19.6 Å². The highest BCUT2D eigenvalue weighted by molar-refractivity contribution is 5.84. The van der Waals surface area contributed by atoms with E-state index in [2.05, 4.69) is 22.0 Å². The van der Waals surface area contributed by atoms with E-state index in [4.69, 9.17) is 0 Å². The Morgan fingerprint density at radius 2 is 1.95 bits per heavy atom. The van der Waals surface area contributed by atoms with Crippen LogP contribution in [0.3, 0.4) is 0 Å². The molecule has 5 heteroatoms. The molecule has 0 fully saturated rings. The molecule has 0 aromatic heterocycles. The lowest BCUT2D eigenvalue weighted by molar-refractivity contribution is -0.125. The molecular formula is C16H23N3O2. The van der Waals surface area contributed by atoms with Crippen molar-refractivity contribution in [2.24, 2.45) is 5.92 Å². The van der Waals surface area contributed by atoms with E-state index in [9.17, 15) is 9.59 Å². The van der Waals surface area contributed by atoms with Crippen molar-refractivity contribution < 1.29 is 9.59 Å². The normalized spacial score (nSPS) is 17.2. The highest BCUT2D eigenvalue weighted by Gasteiger charge is 2.25. The molecule has 0 bridgehead atoms. The van der Waals surface area contributed by atoms with Gasteiger partial charge in [0.05, 0.1) is 0 Å². The van der Waals surface area contributed by atoms with Gasteiger partial charge >= 0.3 is 0 Å². The maximum Gasteiger partial charge on any atom is 0.241 e. The third-order valence-corrected chi connectivity index (χ3v) is 3.62. The monoisotopic (exact) mass is 289 g/mol. The van der Waals surface area contributed by atoms with Crippen molar-refractivity contribution in [2.45, 2.75) is 26.3 Å². The number of benzene rings is 1. The van der Waals surface area contributed by atoms with Gasteiger partial charge in [-0.15, -0.1) is 0 Å². The zero-order valence-corrected chi connectivity index (χ0v) is 12.6. The molecule has 2 amide bonds. The molecule has 0 saturated carbocycles. The van der Waals surface area contributed by atoms with Crippen LogP contribution in [-0.4, -0.2) is 31.4 Å². The fourth-order valence-corrected chi connectivity index (χ4v) is 2.42. The Kier molecular flexibility index (Phi) is 5.33. The lowest BCUT2D eigenvalue weighted by atomic mass is 9.94. The summed E-state index contributed by atoms with van der Waals surface area (Å²) in [5, 5.41) is 8.90. The van der Waals surface area contributed by atoms with Gasteiger partial charge in [-0.25, -0.2) is 0 Å². The Bertz CT molecular complexity index is 514. The summed E-state index contributed by atoms with van der Waals surface area (Å²) in [4.78, 5) is 23.7. The van der Waals surface area contributed by atoms with Gasteiger partial charge in [0.2, 0.25) is 11.8 Å². The van der Waals surface area contributed by atoms with Crippen molar-refractivity contribution in [3.8, 4) is 0 Å². The third-order valence-electron chi connectivity index (χ3n) is 3.62. The summed E-state index contributed by atoms with van der Waals surface area (Å²) < 4.78 is 0. The van der Waals surface area contributed by atoms with Crippen molar-refractivity contribution in [1.82, 2.24) is 16.0 Å². The fraction of sp³-hybridized carbons (Fsp3) is 0.500. The number of rotatable bonds is 5. The van der Waals surface area contributed by atoms with E-state index in [0.29, 0.717) is 13.1 Å². The minimum atomic E-state index is -0.296. The van der Waals surface area contributed by atoms with Crippen LogP contribution in [0.15, 0.2) is 24.3 Å². The Morgan fingerprint density at radius 1 is 1.24 bits per heavy atom. The molecule has 0 radical (unpaired) electrons. The third kappa shape index (κ3) is 4.04. The number of carbonyl (C=O) groups is 2. The van der Waals surface area contributed by atoms with E-state index < -0.39 is 0 Å². The van der Waals surface area contributed by atoms with Crippen LogP contribution in [0.2, 0.25) is 0 Å². The molecule has 1 aromatic carbocycles. The quantitative estimate of drug-likeness (QED) is 0.701. The summed E-state index contributed by atoms with van der Waals surface area (Å²) in [5.41, 5.74) is 2.27. The van der Waals surface area contributed by atoms with Crippen molar-refractivity contribution in [1.29, 1.82) is 0 Å². The Balaban J connectivity index is 1.83. The molecule has 21 heavy (non-hydrogen) atoms. The number of carbonyl (C=O) groups excluding carboxylic acids is 2. The van der Waals surface area contributed by atoms with Gasteiger partial charge in [0.15, 0.2) is 0 Å². The topological polar surface area (TPSA) is 70.2 Å². The first-order chi connectivity index (χ1) is 10.1. The summed E-state index contributed by atoms with van der Waals surface area (Å²) in [7, 11) is 0. The second kappa shape index (κ2) is 7.22. The van der Waals surface area contributed by atoms with E-state index in [0.717, 1.165) is 18.5 Å². The first kappa shape index (κ1) is 15.5. The van der Waals surface area contributed by atoms with Crippen LogP contribution in [0.5, 0.6) is 0 Å². The van der Waals surface area contributed by atoms with E-state index in [1.807, 2.05) is 32.0 Å². The summed E-state index contributed by atoms with van der Waals surface area (Å²) in [6.45, 7) is 5.39. The Hall–Kier alpha value is -1.88. The molecule has 1 atom stereocenters. The van der Waals surface area contributed by atoms with Crippen LogP contribution in [0.4, 0.5) is 0 Å². The molecule has 5 nitrogen and oxygen atoms in total. The minimum Gasteiger partial charge on any atom is -0.354 e. The van der Waals surface area contributed by atoms with Gasteiger partial charge in [-0.3, -0.25) is 9.59 Å². The molecule has 3 N–H and O–H groups in total. The van der Waals surface area contributed by atoms with Gasteiger partial charge < -0.3 is 16.0 Å². The molecule has 114 valence electrons. The molecule has 1 unspecified atom stereocenters. The van der Waals surface area contributed by atoms with Crippen LogP contribution < -0.4 is 16.0 Å². The molecule has 2 rings (SSSR count). The molecule has 1 aromatic rings. The molecule has 1 aliphatic rings. The van der Waals surface area contributed by atoms with Crippen LogP contribution in [0.25, 0.3) is 0 Å². The average molecular weight is 289 g/mol. The predicted molar refractivity (Wildman–Crippen MR) is 81.7 cm³/mol. The van der Waals surface area contributed by atoms with E-state index in [-0.39, 0.29) is 23.8 Å². The number of fused-ring (bicyclic) bond motifs is 1. The first-order valence-corrected chi connectivity index (χ1v) is 7.46. The van der Waals surface area contributed by atoms with Gasteiger partial charge in [-0.2, -0.15) is 0 Å². The van der Waals surface area contributed by atoms with Gasteiger partial charge in [0.25, 0.3) is 0 Å². The second-order valence-corrected chi connectivity index (χ2v) is 5.57. The minimum absolute atomic E-state index is 0.00499. The Labute approximate surface area is 125 Å². The molecule has 0 saturated heterocycles. The van der Waals surface area contributed by atoms with E-state index in [1.54, 1.807) is 0 Å². The summed E-state index contributed by atoms with van der Waals surface area (Å²) >= 11 is 0. The van der Waals surface area contributed by atoms with E-state index >= 15 is 0 Å². The molecule has 1 heterocycles. The number of amides is 2. The van der Waals surface area contributed by atoms with Gasteiger partial charge in [-0.1, -0.05) is 38.1 Å². The zero-order chi connectivity index (χ0) is 15.2. The highest BCUT2D eigenvalue weighted by atomic mass is 16.2. The average Bonchev–Trinajstić information content (AvgIpc) is 2.50.